The zero-order chi connectivity index (χ0) is 31.4. The predicted octanol–water partition coefficient (Wildman–Crippen LogP) is -0.917. The molecule has 8 N–H and O–H groups in total. The van der Waals surface area contributed by atoms with E-state index in [0.717, 1.165) is 27.5 Å². The number of anilines is 1. The fraction of sp³-hybridized carbons (Fsp3) is 0.379. The number of nitrogens with two attached hydrogens (primary N) is 1. The maximum absolute atomic E-state index is 12.7. The van der Waals surface area contributed by atoms with Gasteiger partial charge in [0.15, 0.2) is 11.5 Å². The van der Waals surface area contributed by atoms with Crippen LogP contribution in [0.25, 0.3) is 0 Å². The summed E-state index contributed by atoms with van der Waals surface area (Å²) in [6.07, 6.45) is 4.18. The average molecular weight is 599 g/mol. The van der Waals surface area contributed by atoms with Crippen molar-refractivity contribution in [2.45, 2.75) is 25.9 Å². The topological polar surface area (TPSA) is 212 Å². The summed E-state index contributed by atoms with van der Waals surface area (Å²) >= 11 is 0. The van der Waals surface area contributed by atoms with Gasteiger partial charge >= 0.3 is 0 Å². The average Bonchev–Trinajstić information content (AvgIpc) is 2.98. The van der Waals surface area contributed by atoms with Crippen molar-refractivity contribution in [3.8, 4) is 11.5 Å². The predicted molar refractivity (Wildman–Crippen MR) is 159 cm³/mol. The molecule has 0 unspecified atom stereocenters. The Hall–Kier alpha value is -4.66. The zero-order valence-electron chi connectivity index (χ0n) is 23.7. The van der Waals surface area contributed by atoms with Crippen LogP contribution in [-0.2, 0) is 19.5 Å². The van der Waals surface area contributed by atoms with Gasteiger partial charge in [-0.15, -0.1) is 0 Å². The van der Waals surface area contributed by atoms with Gasteiger partial charge in [-0.1, -0.05) is 12.1 Å². The van der Waals surface area contributed by atoms with Crippen molar-refractivity contribution in [1.82, 2.24) is 24.7 Å². The molecule has 0 saturated carbocycles. The summed E-state index contributed by atoms with van der Waals surface area (Å²) in [4.78, 5) is 51.7. The number of nitrogens with zero attached hydrogens (tertiary/aromatic N) is 3. The van der Waals surface area contributed by atoms with Gasteiger partial charge in [0.05, 0.1) is 24.3 Å². The quantitative estimate of drug-likeness (QED) is 0.101. The first-order valence-electron chi connectivity index (χ1n) is 13.9. The van der Waals surface area contributed by atoms with Gasteiger partial charge in [0.1, 0.15) is 0 Å². The number of rotatable bonds is 16. The van der Waals surface area contributed by atoms with Crippen molar-refractivity contribution in [3.63, 3.8) is 0 Å². The van der Waals surface area contributed by atoms with E-state index in [2.05, 4.69) is 10.6 Å². The monoisotopic (exact) mass is 598 g/mol. The van der Waals surface area contributed by atoms with Gasteiger partial charge in [0.25, 0.3) is 22.9 Å². The summed E-state index contributed by atoms with van der Waals surface area (Å²) in [5.41, 5.74) is 5.62. The van der Waals surface area contributed by atoms with Gasteiger partial charge in [-0.3, -0.25) is 24.1 Å². The largest absolute Gasteiger partial charge is 0.502 e. The standard InChI is InChI=1S/C29H38N6O8/c30-21-5-3-20(4-6-21)2-1-11-33(14-9-31-26(40)22-7-12-34(16-18-36)28(42)24(22)38)15-10-32-27(41)23-8-13-35(17-19-37)29(43)25(23)39/h3-8,12-13,36-39H,1-2,9-11,14-19,30H2,(H,31,40)(H,32,41). The Morgan fingerprint density at radius 3 is 1.65 bits per heavy atom. The van der Waals surface area contributed by atoms with E-state index in [0.29, 0.717) is 25.3 Å². The molecule has 232 valence electrons. The number of aromatic hydroxyl groups is 2. The second-order valence-electron chi connectivity index (χ2n) is 9.80. The van der Waals surface area contributed by atoms with Gasteiger partial charge in [0.2, 0.25) is 0 Å². The van der Waals surface area contributed by atoms with Crippen molar-refractivity contribution in [2.75, 3.05) is 51.7 Å². The first kappa shape index (κ1) is 32.8. The van der Waals surface area contributed by atoms with Crippen LogP contribution in [0, 0.1) is 0 Å². The first-order valence-corrected chi connectivity index (χ1v) is 13.9. The highest BCUT2D eigenvalue weighted by atomic mass is 16.3. The molecule has 0 aliphatic rings. The van der Waals surface area contributed by atoms with Crippen molar-refractivity contribution in [3.05, 3.63) is 86.2 Å². The molecule has 2 aromatic heterocycles. The van der Waals surface area contributed by atoms with Crippen molar-refractivity contribution >= 4 is 17.5 Å². The number of aryl methyl sites for hydroxylation is 1. The van der Waals surface area contributed by atoms with Crippen LogP contribution in [-0.4, -0.2) is 92.2 Å². The Balaban J connectivity index is 1.60. The minimum Gasteiger partial charge on any atom is -0.502 e. The Kier molecular flexibility index (Phi) is 12.3. The molecular weight excluding hydrogens is 560 g/mol. The number of hydrogen-bond acceptors (Lipinski definition) is 10. The molecule has 0 saturated heterocycles. The molecule has 14 nitrogen and oxygen atoms in total. The van der Waals surface area contributed by atoms with Crippen LogP contribution < -0.4 is 27.5 Å². The lowest BCUT2D eigenvalue weighted by Crippen LogP contribution is -2.40. The smallest absolute Gasteiger partial charge is 0.293 e. The molecule has 0 aliphatic carbocycles. The molecule has 0 atom stereocenters. The van der Waals surface area contributed by atoms with E-state index in [1.54, 1.807) is 0 Å². The van der Waals surface area contributed by atoms with Crippen molar-refractivity contribution in [2.24, 2.45) is 0 Å². The van der Waals surface area contributed by atoms with E-state index >= 15 is 0 Å². The molecule has 14 heteroatoms. The molecule has 2 amide bonds. The molecule has 0 spiro atoms. The van der Waals surface area contributed by atoms with Gasteiger partial charge in [-0.05, 0) is 49.2 Å². The highest BCUT2D eigenvalue weighted by molar-refractivity contribution is 5.97. The number of aliphatic hydroxyl groups is 2. The molecule has 0 radical (unpaired) electrons. The van der Waals surface area contributed by atoms with Gasteiger partial charge < -0.3 is 45.9 Å². The highest BCUT2D eigenvalue weighted by Gasteiger charge is 2.18. The van der Waals surface area contributed by atoms with Crippen LogP contribution >= 0.6 is 0 Å². The molecule has 43 heavy (non-hydrogen) atoms. The van der Waals surface area contributed by atoms with Crippen LogP contribution in [0.5, 0.6) is 11.5 Å². The fourth-order valence-electron chi connectivity index (χ4n) is 4.43. The van der Waals surface area contributed by atoms with Crippen LogP contribution in [0.1, 0.15) is 32.7 Å². The number of aromatic nitrogens is 2. The molecule has 0 fully saturated rings. The second kappa shape index (κ2) is 16.1. The summed E-state index contributed by atoms with van der Waals surface area (Å²) in [7, 11) is 0. The van der Waals surface area contributed by atoms with E-state index in [9.17, 15) is 29.4 Å². The number of pyridine rings is 2. The normalized spacial score (nSPS) is 11.0. The highest BCUT2D eigenvalue weighted by Crippen LogP contribution is 2.12. The fourth-order valence-corrected chi connectivity index (χ4v) is 4.43. The Morgan fingerprint density at radius 1 is 0.744 bits per heavy atom. The number of benzene rings is 1. The lowest BCUT2D eigenvalue weighted by Gasteiger charge is -2.23. The van der Waals surface area contributed by atoms with Gasteiger partial charge in [-0.2, -0.15) is 0 Å². The summed E-state index contributed by atoms with van der Waals surface area (Å²) in [6.45, 7) is 1.12. The molecule has 1 aromatic carbocycles. The number of carbonyl (C=O) groups is 2. The molecule has 3 rings (SSSR count). The second-order valence-corrected chi connectivity index (χ2v) is 9.80. The third-order valence-corrected chi connectivity index (χ3v) is 6.80. The van der Waals surface area contributed by atoms with E-state index in [1.165, 1.54) is 24.5 Å². The van der Waals surface area contributed by atoms with Crippen LogP contribution in [0.3, 0.4) is 0 Å². The number of nitrogen functional groups attached to an aromatic ring is 1. The number of amides is 2. The van der Waals surface area contributed by atoms with E-state index in [4.69, 9.17) is 15.9 Å². The third kappa shape index (κ3) is 9.16. The Morgan fingerprint density at radius 2 is 1.21 bits per heavy atom. The maximum atomic E-state index is 12.7. The van der Waals surface area contributed by atoms with Crippen LogP contribution in [0.15, 0.2) is 58.4 Å². The summed E-state index contributed by atoms with van der Waals surface area (Å²) < 4.78 is 2.20. The lowest BCUT2D eigenvalue weighted by molar-refractivity contribution is 0.0944. The lowest BCUT2D eigenvalue weighted by atomic mass is 10.1. The summed E-state index contributed by atoms with van der Waals surface area (Å²) in [6, 6.07) is 10.2. The Bertz CT molecular complexity index is 1410. The van der Waals surface area contributed by atoms with E-state index in [1.807, 2.05) is 29.2 Å². The first-order chi connectivity index (χ1) is 20.7. The molecular formula is C29H38N6O8. The van der Waals surface area contributed by atoms with E-state index < -0.39 is 34.4 Å². The van der Waals surface area contributed by atoms with Crippen LogP contribution in [0.2, 0.25) is 0 Å². The number of hydrogen-bond donors (Lipinski definition) is 7. The number of nitrogens with one attached hydrogen (secondary N) is 2. The minimum atomic E-state index is -0.779. The van der Waals surface area contributed by atoms with Crippen molar-refractivity contribution < 1.29 is 30.0 Å². The molecule has 0 aliphatic heterocycles. The SMILES string of the molecule is Nc1ccc(CCCN(CCNC(=O)c2ccn(CCO)c(=O)c2O)CCNC(=O)c2ccn(CCO)c(=O)c2O)cc1. The maximum Gasteiger partial charge on any atom is 0.293 e. The minimum absolute atomic E-state index is 0.0121. The molecule has 3 aromatic rings. The van der Waals surface area contributed by atoms with Gasteiger partial charge in [-0.25, -0.2) is 0 Å². The Labute approximate surface area is 247 Å². The number of aliphatic hydroxyl groups excluding tert-OH is 2. The van der Waals surface area contributed by atoms with E-state index in [-0.39, 0.29) is 50.5 Å². The summed E-state index contributed by atoms with van der Waals surface area (Å²) in [5.74, 6) is -2.67. The summed E-state index contributed by atoms with van der Waals surface area (Å²) in [5, 5.41) is 43.8. The van der Waals surface area contributed by atoms with Gasteiger partial charge in [0, 0.05) is 57.3 Å². The van der Waals surface area contributed by atoms with Crippen molar-refractivity contribution in [1.29, 1.82) is 0 Å². The molecule has 0 bridgehead atoms. The third-order valence-electron chi connectivity index (χ3n) is 6.80. The zero-order valence-corrected chi connectivity index (χ0v) is 23.7. The van der Waals surface area contributed by atoms with Crippen LogP contribution in [0.4, 0.5) is 5.69 Å². The number of carbonyl (C=O) groups excluding carboxylic acids is 2. The molecule has 2 heterocycles.